The molecule has 5 nitrogen and oxygen atoms in total. The zero-order valence-electron chi connectivity index (χ0n) is 9.82. The molecule has 0 bridgehead atoms. The van der Waals surface area contributed by atoms with Crippen molar-refractivity contribution < 1.29 is 4.42 Å². The standard InChI is InChI=1S/C11H16N4O/c1-4-12-6-11-13-5-10(16-11)9-7-15(3)14-8(9)2/h5,7,12H,4,6H2,1-3H3. The van der Waals surface area contributed by atoms with Crippen LogP contribution in [0.2, 0.25) is 0 Å². The highest BCUT2D eigenvalue weighted by atomic mass is 16.4. The van der Waals surface area contributed by atoms with Gasteiger partial charge in [0.2, 0.25) is 5.89 Å². The van der Waals surface area contributed by atoms with E-state index in [0.717, 1.165) is 23.6 Å². The van der Waals surface area contributed by atoms with Crippen molar-refractivity contribution in [2.45, 2.75) is 20.4 Å². The fraction of sp³-hybridized carbons (Fsp3) is 0.455. The smallest absolute Gasteiger partial charge is 0.208 e. The van der Waals surface area contributed by atoms with Gasteiger partial charge in [-0.15, -0.1) is 0 Å². The largest absolute Gasteiger partial charge is 0.439 e. The number of hydrogen-bond acceptors (Lipinski definition) is 4. The quantitative estimate of drug-likeness (QED) is 0.848. The Bertz CT molecular complexity index is 472. The fourth-order valence-corrected chi connectivity index (χ4v) is 1.59. The van der Waals surface area contributed by atoms with Gasteiger partial charge in [-0.3, -0.25) is 4.68 Å². The zero-order chi connectivity index (χ0) is 11.5. The molecule has 0 unspecified atom stereocenters. The summed E-state index contributed by atoms with van der Waals surface area (Å²) in [4.78, 5) is 4.21. The second kappa shape index (κ2) is 4.49. The third-order valence-electron chi connectivity index (χ3n) is 2.36. The molecule has 1 N–H and O–H groups in total. The predicted octanol–water partition coefficient (Wildman–Crippen LogP) is 1.49. The summed E-state index contributed by atoms with van der Waals surface area (Å²) in [5, 5.41) is 7.44. The molecule has 86 valence electrons. The maximum Gasteiger partial charge on any atom is 0.208 e. The number of oxazole rings is 1. The van der Waals surface area contributed by atoms with Gasteiger partial charge in [0, 0.05) is 13.2 Å². The maximum absolute atomic E-state index is 5.64. The number of aryl methyl sites for hydroxylation is 2. The summed E-state index contributed by atoms with van der Waals surface area (Å²) in [6, 6.07) is 0. The van der Waals surface area contributed by atoms with Crippen molar-refractivity contribution in [2.75, 3.05) is 6.54 Å². The molecule has 16 heavy (non-hydrogen) atoms. The van der Waals surface area contributed by atoms with Crippen LogP contribution in [-0.4, -0.2) is 21.3 Å². The van der Waals surface area contributed by atoms with Crippen molar-refractivity contribution >= 4 is 0 Å². The van der Waals surface area contributed by atoms with Crippen molar-refractivity contribution in [2.24, 2.45) is 7.05 Å². The lowest BCUT2D eigenvalue weighted by Crippen LogP contribution is -2.11. The van der Waals surface area contributed by atoms with Gasteiger partial charge in [0.05, 0.1) is 24.0 Å². The van der Waals surface area contributed by atoms with E-state index in [9.17, 15) is 0 Å². The average molecular weight is 220 g/mol. The Kier molecular flexibility index (Phi) is 3.05. The summed E-state index contributed by atoms with van der Waals surface area (Å²) in [6.07, 6.45) is 3.68. The van der Waals surface area contributed by atoms with Crippen LogP contribution in [0.5, 0.6) is 0 Å². The van der Waals surface area contributed by atoms with Crippen LogP contribution in [0.15, 0.2) is 16.8 Å². The highest BCUT2D eigenvalue weighted by molar-refractivity contribution is 5.58. The second-order valence-corrected chi connectivity index (χ2v) is 3.70. The maximum atomic E-state index is 5.64. The average Bonchev–Trinajstić information content (AvgIpc) is 2.82. The van der Waals surface area contributed by atoms with Gasteiger partial charge in [-0.25, -0.2) is 4.98 Å². The lowest BCUT2D eigenvalue weighted by Gasteiger charge is -1.95. The third kappa shape index (κ3) is 2.14. The minimum Gasteiger partial charge on any atom is -0.439 e. The van der Waals surface area contributed by atoms with E-state index in [2.05, 4.69) is 22.3 Å². The Morgan fingerprint density at radius 1 is 1.50 bits per heavy atom. The van der Waals surface area contributed by atoms with Gasteiger partial charge in [-0.2, -0.15) is 5.10 Å². The third-order valence-corrected chi connectivity index (χ3v) is 2.36. The molecule has 0 saturated heterocycles. The lowest BCUT2D eigenvalue weighted by molar-refractivity contribution is 0.482. The summed E-state index contributed by atoms with van der Waals surface area (Å²) >= 11 is 0. The minimum atomic E-state index is 0.663. The molecular formula is C11H16N4O. The van der Waals surface area contributed by atoms with Crippen LogP contribution >= 0.6 is 0 Å². The Hall–Kier alpha value is -1.62. The van der Waals surface area contributed by atoms with E-state index >= 15 is 0 Å². The van der Waals surface area contributed by atoms with Gasteiger partial charge in [0.15, 0.2) is 5.76 Å². The van der Waals surface area contributed by atoms with Crippen LogP contribution in [0.4, 0.5) is 0 Å². The van der Waals surface area contributed by atoms with Crippen LogP contribution in [0.1, 0.15) is 18.5 Å². The first kappa shape index (κ1) is 10.9. The predicted molar refractivity (Wildman–Crippen MR) is 60.8 cm³/mol. The van der Waals surface area contributed by atoms with Crippen LogP contribution in [0, 0.1) is 6.92 Å². The van der Waals surface area contributed by atoms with Crippen molar-refractivity contribution in [1.82, 2.24) is 20.1 Å². The molecule has 0 amide bonds. The molecule has 0 atom stereocenters. The molecule has 0 aliphatic carbocycles. The van der Waals surface area contributed by atoms with Crippen molar-refractivity contribution in [3.63, 3.8) is 0 Å². The van der Waals surface area contributed by atoms with E-state index in [-0.39, 0.29) is 0 Å². The van der Waals surface area contributed by atoms with Crippen LogP contribution in [-0.2, 0) is 13.6 Å². The number of nitrogens with zero attached hydrogens (tertiary/aromatic N) is 3. The Labute approximate surface area is 94.5 Å². The van der Waals surface area contributed by atoms with Gasteiger partial charge < -0.3 is 9.73 Å². The molecule has 2 aromatic rings. The van der Waals surface area contributed by atoms with Crippen LogP contribution in [0.25, 0.3) is 11.3 Å². The number of aromatic nitrogens is 3. The first-order chi connectivity index (χ1) is 7.70. The molecule has 0 radical (unpaired) electrons. The monoisotopic (exact) mass is 220 g/mol. The van der Waals surface area contributed by atoms with Gasteiger partial charge in [-0.05, 0) is 13.5 Å². The summed E-state index contributed by atoms with van der Waals surface area (Å²) in [5.74, 6) is 1.48. The second-order valence-electron chi connectivity index (χ2n) is 3.70. The topological polar surface area (TPSA) is 55.9 Å². The Morgan fingerprint density at radius 2 is 2.31 bits per heavy atom. The van der Waals surface area contributed by atoms with Crippen LogP contribution < -0.4 is 5.32 Å². The molecule has 0 saturated carbocycles. The molecule has 0 aromatic carbocycles. The Balaban J connectivity index is 2.21. The van der Waals surface area contributed by atoms with Gasteiger partial charge in [0.25, 0.3) is 0 Å². The number of rotatable bonds is 4. The highest BCUT2D eigenvalue weighted by Crippen LogP contribution is 2.22. The van der Waals surface area contributed by atoms with E-state index in [4.69, 9.17) is 4.42 Å². The van der Waals surface area contributed by atoms with E-state index < -0.39 is 0 Å². The van der Waals surface area contributed by atoms with Gasteiger partial charge in [-0.1, -0.05) is 6.92 Å². The van der Waals surface area contributed by atoms with Gasteiger partial charge in [0.1, 0.15) is 0 Å². The van der Waals surface area contributed by atoms with E-state index in [1.807, 2.05) is 20.2 Å². The molecule has 0 aliphatic heterocycles. The first-order valence-electron chi connectivity index (χ1n) is 5.36. The molecule has 2 rings (SSSR count). The SMILES string of the molecule is CCNCc1ncc(-c2cn(C)nc2C)o1. The minimum absolute atomic E-state index is 0.663. The molecule has 2 aromatic heterocycles. The molecule has 2 heterocycles. The summed E-state index contributed by atoms with van der Waals surface area (Å²) in [5.41, 5.74) is 1.95. The molecular weight excluding hydrogens is 204 g/mol. The zero-order valence-corrected chi connectivity index (χ0v) is 9.82. The van der Waals surface area contributed by atoms with Crippen molar-refractivity contribution in [1.29, 1.82) is 0 Å². The van der Waals surface area contributed by atoms with Crippen molar-refractivity contribution in [3.05, 3.63) is 24.0 Å². The summed E-state index contributed by atoms with van der Waals surface area (Å²) < 4.78 is 7.41. The lowest BCUT2D eigenvalue weighted by atomic mass is 10.2. The van der Waals surface area contributed by atoms with E-state index in [1.54, 1.807) is 10.9 Å². The first-order valence-corrected chi connectivity index (χ1v) is 5.36. The summed E-state index contributed by atoms with van der Waals surface area (Å²) in [7, 11) is 1.90. The molecule has 0 spiro atoms. The Morgan fingerprint density at radius 3 is 2.94 bits per heavy atom. The molecule has 5 heteroatoms. The number of nitrogens with one attached hydrogen (secondary N) is 1. The van der Waals surface area contributed by atoms with Crippen molar-refractivity contribution in [3.8, 4) is 11.3 Å². The van der Waals surface area contributed by atoms with Gasteiger partial charge >= 0.3 is 0 Å². The normalized spacial score (nSPS) is 10.9. The van der Waals surface area contributed by atoms with E-state index in [1.165, 1.54) is 0 Å². The molecule has 0 aliphatic rings. The number of hydrogen-bond donors (Lipinski definition) is 1. The van der Waals surface area contributed by atoms with E-state index in [0.29, 0.717) is 12.4 Å². The molecule has 0 fully saturated rings. The summed E-state index contributed by atoms with van der Waals surface area (Å²) in [6.45, 7) is 5.58. The highest BCUT2D eigenvalue weighted by Gasteiger charge is 2.11. The fourth-order valence-electron chi connectivity index (χ4n) is 1.59. The van der Waals surface area contributed by atoms with Crippen LogP contribution in [0.3, 0.4) is 0 Å².